The summed E-state index contributed by atoms with van der Waals surface area (Å²) in [5, 5.41) is 100. The second-order valence-electron chi connectivity index (χ2n) is 18.0. The molecule has 14 heteroatoms. The molecule has 0 saturated carbocycles. The summed E-state index contributed by atoms with van der Waals surface area (Å²) in [6.07, 6.45) is 17.2. The van der Waals surface area contributed by atoms with Gasteiger partial charge >= 0.3 is 0 Å². The van der Waals surface area contributed by atoms with E-state index in [1.165, 1.54) is 99.7 Å². The zero-order chi connectivity index (χ0) is 46.4. The summed E-state index contributed by atoms with van der Waals surface area (Å²) in [7, 11) is 0. The fourth-order valence-corrected chi connectivity index (χ4v) is 7.94. The van der Waals surface area contributed by atoms with Crippen LogP contribution in [0.15, 0.2) is 0 Å². The molecule has 0 radical (unpaired) electrons. The Labute approximate surface area is 376 Å². The molecule has 0 heterocycles. The minimum atomic E-state index is -1.77. The fraction of sp³-hybridized carbons (Fsp3) is 0.958. The number of carbonyl (C=O) groups is 2. The van der Waals surface area contributed by atoms with E-state index in [1.807, 2.05) is 0 Å². The van der Waals surface area contributed by atoms with Gasteiger partial charge < -0.3 is 60.9 Å². The summed E-state index contributed by atoms with van der Waals surface area (Å²) in [6.45, 7) is 3.12. The third-order valence-corrected chi connectivity index (χ3v) is 12.3. The van der Waals surface area contributed by atoms with Gasteiger partial charge in [0.1, 0.15) is 48.8 Å². The van der Waals surface area contributed by atoms with Crippen LogP contribution >= 0.6 is 0 Å². The maximum Gasteiger partial charge on any atom is 0.222 e. The molecule has 14 nitrogen and oxygen atoms in total. The first-order valence-corrected chi connectivity index (χ1v) is 25.1. The van der Waals surface area contributed by atoms with E-state index in [-0.39, 0.29) is 24.9 Å². The number of carbonyl (C=O) groups excluding carboxylic acids is 2. The lowest BCUT2D eigenvalue weighted by atomic mass is 10.0. The average molecular weight is 893 g/mol. The number of hydrogen-bond donors (Lipinski definition) is 10. The van der Waals surface area contributed by atoms with Crippen molar-refractivity contribution in [3.8, 4) is 0 Å². The summed E-state index contributed by atoms with van der Waals surface area (Å²) < 4.78 is 0. The summed E-state index contributed by atoms with van der Waals surface area (Å²) in [6, 6.07) is 0. The van der Waals surface area contributed by atoms with Gasteiger partial charge in [-0.05, 0) is 25.7 Å². The molecule has 0 spiro atoms. The lowest BCUT2D eigenvalue weighted by Gasteiger charge is -2.31. The van der Waals surface area contributed by atoms with E-state index in [2.05, 4.69) is 13.8 Å². The van der Waals surface area contributed by atoms with Gasteiger partial charge in [-0.15, -0.1) is 0 Å². The number of rotatable bonds is 45. The van der Waals surface area contributed by atoms with Crippen LogP contribution in [0.3, 0.4) is 0 Å². The largest absolute Gasteiger partial charge is 0.394 e. The molecule has 0 aromatic carbocycles. The van der Waals surface area contributed by atoms with Gasteiger partial charge in [0.05, 0.1) is 13.2 Å². The van der Waals surface area contributed by atoms with Crippen LogP contribution in [0.25, 0.3) is 0 Å². The van der Waals surface area contributed by atoms with Crippen molar-refractivity contribution in [2.75, 3.05) is 39.4 Å². The average Bonchev–Trinajstić information content (AvgIpc) is 3.27. The summed E-state index contributed by atoms with van der Waals surface area (Å²) in [5.41, 5.74) is 0. The third-order valence-electron chi connectivity index (χ3n) is 12.3. The maximum absolute atomic E-state index is 13.3. The Morgan fingerprint density at radius 1 is 0.339 bits per heavy atom. The Balaban J connectivity index is 5.00. The molecule has 2 amide bonds. The molecule has 0 aliphatic carbocycles. The predicted molar refractivity (Wildman–Crippen MR) is 245 cm³/mol. The topological polar surface area (TPSA) is 243 Å². The van der Waals surface area contributed by atoms with Gasteiger partial charge in [0.25, 0.3) is 0 Å². The Morgan fingerprint density at radius 2 is 0.565 bits per heavy atom. The van der Waals surface area contributed by atoms with Crippen molar-refractivity contribution in [2.45, 2.75) is 255 Å². The molecule has 0 aromatic heterocycles. The number of aliphatic hydroxyl groups excluding tert-OH is 10. The standard InChI is InChI=1S/C48H96N2O12/c1-3-5-7-9-11-13-15-17-19-23-27-31-43(57)49(35-39(53)45(59)47(61)41(55)37-51)33-29-25-21-22-26-30-34-50(36-40(54)46(60)48(62)42(56)38-52)44(58)32-28-24-20-18-16-14-12-10-8-6-4-2/h39-42,45-48,51-56,59-62H,3-38H2,1-2H3/t39-,40-,41+,42+,45+,46+,47+,48+/m0/s1. The van der Waals surface area contributed by atoms with E-state index in [4.69, 9.17) is 10.2 Å². The molecule has 0 aliphatic heterocycles. The molecule has 370 valence electrons. The monoisotopic (exact) mass is 893 g/mol. The highest BCUT2D eigenvalue weighted by Crippen LogP contribution is 2.17. The van der Waals surface area contributed by atoms with E-state index < -0.39 is 62.0 Å². The highest BCUT2D eigenvalue weighted by atomic mass is 16.4. The predicted octanol–water partition coefficient (Wildman–Crippen LogP) is 5.26. The second kappa shape index (κ2) is 41.0. The molecule has 0 saturated heterocycles. The maximum atomic E-state index is 13.3. The quantitative estimate of drug-likeness (QED) is 0.0353. The van der Waals surface area contributed by atoms with E-state index in [1.54, 1.807) is 0 Å². The van der Waals surface area contributed by atoms with Crippen LogP contribution in [0.1, 0.15) is 206 Å². The summed E-state index contributed by atoms with van der Waals surface area (Å²) >= 11 is 0. The molecule has 0 rings (SSSR count). The van der Waals surface area contributed by atoms with Gasteiger partial charge in [-0.3, -0.25) is 9.59 Å². The van der Waals surface area contributed by atoms with Crippen molar-refractivity contribution in [3.05, 3.63) is 0 Å². The SMILES string of the molecule is CCCCCCCCCCCCCC(=O)N(CCCCCCCCN(C[C@H](O)[C@@H](O)[C@H](O)[C@H](O)CO)C(=O)CCCCCCCCCCCCC)C[C@H](O)[C@@H](O)[C@H](O)[C@H](O)CO. The van der Waals surface area contributed by atoms with Crippen LogP contribution in [0.4, 0.5) is 0 Å². The first-order chi connectivity index (χ1) is 29.9. The van der Waals surface area contributed by atoms with Gasteiger partial charge in [0.2, 0.25) is 11.8 Å². The van der Waals surface area contributed by atoms with Crippen LogP contribution in [0.2, 0.25) is 0 Å². The van der Waals surface area contributed by atoms with Crippen LogP contribution in [-0.4, -0.2) is 161 Å². The molecule has 0 bridgehead atoms. The Kier molecular flexibility index (Phi) is 40.0. The summed E-state index contributed by atoms with van der Waals surface area (Å²) in [5.74, 6) is -0.291. The van der Waals surface area contributed by atoms with Gasteiger partial charge in [-0.1, -0.05) is 168 Å². The molecule has 62 heavy (non-hydrogen) atoms. The van der Waals surface area contributed by atoms with Crippen molar-refractivity contribution < 1.29 is 60.7 Å². The minimum Gasteiger partial charge on any atom is -0.394 e. The van der Waals surface area contributed by atoms with Gasteiger partial charge in [-0.25, -0.2) is 0 Å². The molecule has 0 unspecified atom stereocenters. The first-order valence-electron chi connectivity index (χ1n) is 25.1. The zero-order valence-electron chi connectivity index (χ0n) is 39.3. The van der Waals surface area contributed by atoms with E-state index in [9.17, 15) is 50.4 Å². The Morgan fingerprint density at radius 3 is 0.823 bits per heavy atom. The van der Waals surface area contributed by atoms with Crippen molar-refractivity contribution in [1.82, 2.24) is 9.80 Å². The number of amides is 2. The van der Waals surface area contributed by atoms with Crippen LogP contribution in [0, 0.1) is 0 Å². The van der Waals surface area contributed by atoms with Crippen LogP contribution < -0.4 is 0 Å². The lowest BCUT2D eigenvalue weighted by Crippen LogP contribution is -2.50. The van der Waals surface area contributed by atoms with Crippen molar-refractivity contribution in [1.29, 1.82) is 0 Å². The molecule has 0 aliphatic rings. The number of unbranched alkanes of at least 4 members (excludes halogenated alkanes) is 25. The van der Waals surface area contributed by atoms with Crippen molar-refractivity contribution in [3.63, 3.8) is 0 Å². The molecule has 0 fully saturated rings. The molecule has 0 aromatic rings. The van der Waals surface area contributed by atoms with Crippen molar-refractivity contribution >= 4 is 11.8 Å². The number of hydrogen-bond acceptors (Lipinski definition) is 12. The van der Waals surface area contributed by atoms with Crippen molar-refractivity contribution in [2.24, 2.45) is 0 Å². The first kappa shape index (κ1) is 60.5. The fourth-order valence-electron chi connectivity index (χ4n) is 7.94. The van der Waals surface area contributed by atoms with Gasteiger partial charge in [0.15, 0.2) is 0 Å². The second-order valence-corrected chi connectivity index (χ2v) is 18.0. The zero-order valence-corrected chi connectivity index (χ0v) is 39.3. The third kappa shape index (κ3) is 30.6. The number of nitrogens with zero attached hydrogens (tertiary/aromatic N) is 2. The Bertz CT molecular complexity index is 951. The smallest absolute Gasteiger partial charge is 0.222 e. The van der Waals surface area contributed by atoms with E-state index in [0.29, 0.717) is 38.8 Å². The lowest BCUT2D eigenvalue weighted by molar-refractivity contribution is -0.140. The van der Waals surface area contributed by atoms with Crippen LogP contribution in [-0.2, 0) is 9.59 Å². The van der Waals surface area contributed by atoms with Gasteiger partial charge in [-0.2, -0.15) is 0 Å². The van der Waals surface area contributed by atoms with E-state index >= 15 is 0 Å². The highest BCUT2D eigenvalue weighted by Gasteiger charge is 2.33. The van der Waals surface area contributed by atoms with E-state index in [0.717, 1.165) is 77.0 Å². The normalized spacial score (nSPS) is 15.7. The molecule has 8 atom stereocenters. The van der Waals surface area contributed by atoms with Gasteiger partial charge in [0, 0.05) is 39.0 Å². The summed E-state index contributed by atoms with van der Waals surface area (Å²) in [4.78, 5) is 29.6. The highest BCUT2D eigenvalue weighted by molar-refractivity contribution is 5.76. The Hall–Kier alpha value is -1.46. The minimum absolute atomic E-state index is 0.145. The number of aliphatic hydroxyl groups is 10. The van der Waals surface area contributed by atoms with Crippen LogP contribution in [0.5, 0.6) is 0 Å². The molecule has 10 N–H and O–H groups in total. The molecular formula is C48H96N2O12. The molecular weight excluding hydrogens is 797 g/mol.